The first kappa shape index (κ1) is 18.2. The topological polar surface area (TPSA) is 64.1 Å². The molecule has 0 spiro atoms. The number of nitrogens with zero attached hydrogens (tertiary/aromatic N) is 2. The van der Waals surface area contributed by atoms with Crippen molar-refractivity contribution in [3.8, 4) is 5.75 Å². The third kappa shape index (κ3) is 4.23. The molecule has 0 aliphatic heterocycles. The summed E-state index contributed by atoms with van der Waals surface area (Å²) in [6.07, 6.45) is 0. The van der Waals surface area contributed by atoms with Gasteiger partial charge in [0, 0.05) is 0 Å². The van der Waals surface area contributed by atoms with E-state index in [2.05, 4.69) is 21.4 Å². The molecule has 0 saturated carbocycles. The summed E-state index contributed by atoms with van der Waals surface area (Å²) in [6, 6.07) is 11.9. The van der Waals surface area contributed by atoms with Crippen LogP contribution in [0, 0.1) is 6.92 Å². The van der Waals surface area contributed by atoms with Gasteiger partial charge in [0.1, 0.15) is 5.75 Å². The molecule has 0 radical (unpaired) electrons. The van der Waals surface area contributed by atoms with Crippen molar-refractivity contribution in [2.45, 2.75) is 18.2 Å². The van der Waals surface area contributed by atoms with Crippen LogP contribution in [0.5, 0.6) is 5.75 Å². The second-order valence-electron chi connectivity index (χ2n) is 5.87. The molecule has 1 N–H and O–H groups in total. The molecule has 0 aliphatic carbocycles. The minimum atomic E-state index is -0.0787. The highest BCUT2D eigenvalue weighted by Crippen LogP contribution is 2.32. The molecule has 8 heteroatoms. The Morgan fingerprint density at radius 1 is 1.11 bits per heavy atom. The van der Waals surface area contributed by atoms with Crippen LogP contribution in [-0.4, -0.2) is 28.2 Å². The van der Waals surface area contributed by atoms with Gasteiger partial charge in [-0.05, 0) is 49.7 Å². The molecule has 4 rings (SSSR count). The lowest BCUT2D eigenvalue weighted by Gasteiger charge is -2.00. The number of anilines is 1. The van der Waals surface area contributed by atoms with Crippen molar-refractivity contribution in [2.75, 3.05) is 17.7 Å². The second kappa shape index (κ2) is 7.84. The first-order valence-electron chi connectivity index (χ1n) is 8.44. The fraction of sp³-hybridized carbons (Fsp3) is 0.211. The lowest BCUT2D eigenvalue weighted by molar-refractivity contribution is -0.113. The average molecular weight is 416 g/mol. The number of aromatic nitrogens is 2. The molecule has 138 valence electrons. The molecule has 2 aromatic heterocycles. The molecule has 2 heterocycles. The number of fused-ring (bicyclic) bond motifs is 2. The van der Waals surface area contributed by atoms with Crippen LogP contribution in [0.2, 0.25) is 0 Å². The molecule has 1 amide bonds. The summed E-state index contributed by atoms with van der Waals surface area (Å²) in [7, 11) is 0. The summed E-state index contributed by atoms with van der Waals surface area (Å²) in [6.45, 7) is 4.64. The highest BCUT2D eigenvalue weighted by atomic mass is 32.2. The van der Waals surface area contributed by atoms with Gasteiger partial charge in [-0.2, -0.15) is 0 Å². The lowest BCUT2D eigenvalue weighted by atomic mass is 10.2. The van der Waals surface area contributed by atoms with Crippen molar-refractivity contribution in [3.63, 3.8) is 0 Å². The molecule has 0 aliphatic rings. The van der Waals surface area contributed by atoms with Gasteiger partial charge >= 0.3 is 0 Å². The van der Waals surface area contributed by atoms with E-state index in [-0.39, 0.29) is 5.91 Å². The van der Waals surface area contributed by atoms with E-state index in [0.717, 1.165) is 30.5 Å². The number of carbonyl (C=O) groups excluding carboxylic acids is 1. The second-order valence-corrected chi connectivity index (χ2v) is 9.15. The van der Waals surface area contributed by atoms with Crippen molar-refractivity contribution in [1.82, 2.24) is 9.97 Å². The number of hydrogen-bond acceptors (Lipinski definition) is 7. The Morgan fingerprint density at radius 2 is 1.89 bits per heavy atom. The third-order valence-electron chi connectivity index (χ3n) is 3.77. The third-order valence-corrected chi connectivity index (χ3v) is 6.86. The summed E-state index contributed by atoms with van der Waals surface area (Å²) in [5.74, 6) is 1.06. The molecular weight excluding hydrogens is 398 g/mol. The van der Waals surface area contributed by atoms with E-state index in [4.69, 9.17) is 4.74 Å². The van der Waals surface area contributed by atoms with Gasteiger partial charge in [-0.15, -0.1) is 11.3 Å². The maximum atomic E-state index is 12.3. The van der Waals surface area contributed by atoms with Gasteiger partial charge in [0.2, 0.25) is 5.91 Å². The minimum absolute atomic E-state index is 0.0787. The molecule has 0 bridgehead atoms. The largest absolute Gasteiger partial charge is 0.494 e. The van der Waals surface area contributed by atoms with Crippen LogP contribution in [-0.2, 0) is 4.79 Å². The minimum Gasteiger partial charge on any atom is -0.494 e. The maximum absolute atomic E-state index is 12.3. The SMILES string of the molecule is CCOc1ccc2nc(SCC(=O)Nc3nc4ccc(C)cc4s3)sc2c1. The van der Waals surface area contributed by atoms with Gasteiger partial charge in [-0.3, -0.25) is 4.79 Å². The van der Waals surface area contributed by atoms with Crippen molar-refractivity contribution in [1.29, 1.82) is 0 Å². The summed E-state index contributed by atoms with van der Waals surface area (Å²) in [4.78, 5) is 21.3. The summed E-state index contributed by atoms with van der Waals surface area (Å²) in [5.41, 5.74) is 3.01. The highest BCUT2D eigenvalue weighted by molar-refractivity contribution is 8.01. The summed E-state index contributed by atoms with van der Waals surface area (Å²) in [5, 5.41) is 3.52. The Bertz CT molecular complexity index is 1120. The number of thiazole rings is 2. The fourth-order valence-corrected chi connectivity index (χ4v) is 5.45. The highest BCUT2D eigenvalue weighted by Gasteiger charge is 2.11. The van der Waals surface area contributed by atoms with Crippen LogP contribution in [0.3, 0.4) is 0 Å². The molecule has 0 fully saturated rings. The van der Waals surface area contributed by atoms with Crippen LogP contribution in [0.25, 0.3) is 20.4 Å². The van der Waals surface area contributed by atoms with Gasteiger partial charge < -0.3 is 10.1 Å². The molecule has 0 saturated heterocycles. The lowest BCUT2D eigenvalue weighted by Crippen LogP contribution is -2.13. The smallest absolute Gasteiger partial charge is 0.236 e. The van der Waals surface area contributed by atoms with E-state index in [1.54, 1.807) is 11.3 Å². The summed E-state index contributed by atoms with van der Waals surface area (Å²) >= 11 is 4.50. The number of ether oxygens (including phenoxy) is 1. The van der Waals surface area contributed by atoms with Gasteiger partial charge in [-0.1, -0.05) is 29.2 Å². The zero-order valence-corrected chi connectivity index (χ0v) is 17.3. The van der Waals surface area contributed by atoms with E-state index < -0.39 is 0 Å². The predicted molar refractivity (Wildman–Crippen MR) is 114 cm³/mol. The van der Waals surface area contributed by atoms with Crippen LogP contribution in [0.4, 0.5) is 5.13 Å². The van der Waals surface area contributed by atoms with Crippen molar-refractivity contribution in [3.05, 3.63) is 42.0 Å². The number of benzene rings is 2. The van der Waals surface area contributed by atoms with Crippen molar-refractivity contribution in [2.24, 2.45) is 0 Å². The quantitative estimate of drug-likeness (QED) is 0.430. The number of hydrogen-bond donors (Lipinski definition) is 1. The molecular formula is C19H17N3O2S3. The fourth-order valence-electron chi connectivity index (χ4n) is 2.57. The Hall–Kier alpha value is -2.16. The van der Waals surface area contributed by atoms with E-state index in [1.165, 1.54) is 28.7 Å². The van der Waals surface area contributed by atoms with Crippen LogP contribution in [0.15, 0.2) is 40.7 Å². The number of rotatable bonds is 6. The zero-order chi connectivity index (χ0) is 18.8. The van der Waals surface area contributed by atoms with E-state index >= 15 is 0 Å². The number of aryl methyl sites for hydroxylation is 1. The monoisotopic (exact) mass is 415 g/mol. The Labute approximate surface area is 168 Å². The molecule has 4 aromatic rings. The predicted octanol–water partition coefficient (Wildman–Crippen LogP) is 5.34. The molecule has 0 atom stereocenters. The first-order chi connectivity index (χ1) is 13.1. The number of carbonyl (C=O) groups is 1. The van der Waals surface area contributed by atoms with Crippen molar-refractivity contribution < 1.29 is 9.53 Å². The molecule has 0 unspecified atom stereocenters. The van der Waals surface area contributed by atoms with Gasteiger partial charge in [0.05, 0.1) is 32.8 Å². The van der Waals surface area contributed by atoms with Crippen molar-refractivity contribution >= 4 is 65.9 Å². The standard InChI is InChI=1S/C19H17N3O2S3/c1-3-24-12-5-7-14-16(9-12)27-19(21-14)25-10-17(23)22-18-20-13-6-4-11(2)8-15(13)26-18/h4-9H,3,10H2,1-2H3,(H,20,22,23). The van der Waals surface area contributed by atoms with Gasteiger partial charge in [0.15, 0.2) is 9.47 Å². The van der Waals surface area contributed by atoms with Crippen LogP contribution in [0.1, 0.15) is 12.5 Å². The summed E-state index contributed by atoms with van der Waals surface area (Å²) < 4.78 is 8.53. The number of nitrogens with one attached hydrogen (secondary N) is 1. The van der Waals surface area contributed by atoms with Gasteiger partial charge in [-0.25, -0.2) is 9.97 Å². The van der Waals surface area contributed by atoms with E-state index in [1.807, 2.05) is 44.2 Å². The van der Waals surface area contributed by atoms with E-state index in [0.29, 0.717) is 17.5 Å². The molecule has 2 aromatic carbocycles. The zero-order valence-electron chi connectivity index (χ0n) is 14.8. The maximum Gasteiger partial charge on any atom is 0.236 e. The van der Waals surface area contributed by atoms with Gasteiger partial charge in [0.25, 0.3) is 0 Å². The number of thioether (sulfide) groups is 1. The Balaban J connectivity index is 1.40. The average Bonchev–Trinajstić information content (AvgIpc) is 3.22. The normalized spacial score (nSPS) is 11.2. The Morgan fingerprint density at radius 3 is 2.74 bits per heavy atom. The van der Waals surface area contributed by atoms with E-state index in [9.17, 15) is 4.79 Å². The van der Waals surface area contributed by atoms with Crippen LogP contribution >= 0.6 is 34.4 Å². The first-order valence-corrected chi connectivity index (χ1v) is 11.1. The molecule has 27 heavy (non-hydrogen) atoms. The number of amides is 1. The van der Waals surface area contributed by atoms with Crippen LogP contribution < -0.4 is 10.1 Å². The molecule has 5 nitrogen and oxygen atoms in total. The Kier molecular flexibility index (Phi) is 5.29.